The summed E-state index contributed by atoms with van der Waals surface area (Å²) in [5.74, 6) is 4.01. The topological polar surface area (TPSA) is 166 Å². The van der Waals surface area contributed by atoms with Crippen LogP contribution in [0.15, 0.2) is 86.2 Å². The maximum absolute atomic E-state index is 11.2. The van der Waals surface area contributed by atoms with Crippen molar-refractivity contribution in [3.63, 3.8) is 0 Å². The second kappa shape index (κ2) is 16.6. The first-order chi connectivity index (χ1) is 25.4. The fourth-order valence-electron chi connectivity index (χ4n) is 8.89. The van der Waals surface area contributed by atoms with E-state index in [1.54, 1.807) is 26.6 Å². The molecule has 0 saturated carbocycles. The van der Waals surface area contributed by atoms with Crippen LogP contribution < -0.4 is 9.47 Å². The van der Waals surface area contributed by atoms with Crippen LogP contribution in [0.5, 0.6) is 11.5 Å². The molecule has 0 aliphatic carbocycles. The van der Waals surface area contributed by atoms with Crippen LogP contribution in [0.25, 0.3) is 21.8 Å². The smallest absolute Gasteiger partial charge is 0.394 e. The number of piperidine rings is 6. The van der Waals surface area contributed by atoms with Gasteiger partial charge in [-0.15, -0.1) is 13.2 Å². The summed E-state index contributed by atoms with van der Waals surface area (Å²) in [6, 6.07) is 15.9. The second-order valence-corrected chi connectivity index (χ2v) is 15.3. The Morgan fingerprint density at radius 1 is 0.736 bits per heavy atom. The van der Waals surface area contributed by atoms with E-state index >= 15 is 0 Å². The van der Waals surface area contributed by atoms with E-state index in [2.05, 4.69) is 45.1 Å². The summed E-state index contributed by atoms with van der Waals surface area (Å²) in [6.45, 7) is 12.1. The Kier molecular flexibility index (Phi) is 12.1. The first kappa shape index (κ1) is 38.8. The molecule has 0 amide bonds. The number of aliphatic hydroxyl groups excluding tert-OH is 2. The highest BCUT2D eigenvalue weighted by atomic mass is 32.3. The third kappa shape index (κ3) is 8.73. The number of methoxy groups -OCH3 is 2. The molecule has 284 valence electrons. The van der Waals surface area contributed by atoms with Gasteiger partial charge in [0.15, 0.2) is 0 Å². The molecule has 4 bridgehead atoms. The Morgan fingerprint density at radius 3 is 1.45 bits per heavy atom. The molecule has 6 fully saturated rings. The standard InChI is InChI=1S/2C20H24N2O2.H2O4S/c2*1-3-13-12-22-9-7-14(13)10-19(22)20(23)16-6-8-21-18-5-4-15(24-2)11-17(16)18;1-5(2,3)4/h2*3-6,8,11,13-14,19-20,23H,1,7,9-10,12H2,2H3;(H2,1,2,3,4)/t2*13-,14+,19-,20+;/m00./s1. The Hall–Kier alpha value is -3.95. The molecule has 2 aromatic carbocycles. The lowest BCUT2D eigenvalue weighted by atomic mass is 9.73. The van der Waals surface area contributed by atoms with Gasteiger partial charge < -0.3 is 19.7 Å². The number of nitrogens with zero attached hydrogens (tertiary/aromatic N) is 4. The van der Waals surface area contributed by atoms with Crippen LogP contribution in [-0.2, 0) is 10.4 Å². The summed E-state index contributed by atoms with van der Waals surface area (Å²) in [6.07, 6.45) is 11.2. The van der Waals surface area contributed by atoms with Crippen molar-refractivity contribution in [2.75, 3.05) is 40.4 Å². The molecule has 4 N–H and O–H groups in total. The van der Waals surface area contributed by atoms with E-state index in [9.17, 15) is 10.2 Å². The molecule has 6 aliphatic heterocycles. The lowest BCUT2D eigenvalue weighted by molar-refractivity contribution is -0.0445. The SMILES string of the molecule is C=C[C@H]1CN2CC[C@@H]1C[C@H]2[C@H](O)c1ccnc2ccc(OC)cc12.C=C[C@H]1CN2CC[C@@H]1C[C@H]2[C@H](O)c1ccnc2ccc(OC)cc12.O=S(=O)(O)O. The van der Waals surface area contributed by atoms with Gasteiger partial charge in [0.05, 0.1) is 37.5 Å². The zero-order chi connectivity index (χ0) is 37.9. The van der Waals surface area contributed by atoms with Crippen LogP contribution in [-0.4, -0.2) is 100.0 Å². The highest BCUT2D eigenvalue weighted by Gasteiger charge is 2.43. The fraction of sp³-hybridized carbons (Fsp3) is 0.450. The van der Waals surface area contributed by atoms with Gasteiger partial charge in [0.1, 0.15) is 11.5 Å². The van der Waals surface area contributed by atoms with Gasteiger partial charge in [0.2, 0.25) is 0 Å². The number of aromatic nitrogens is 2. The molecule has 6 aliphatic rings. The van der Waals surface area contributed by atoms with Crippen molar-refractivity contribution in [1.82, 2.24) is 19.8 Å². The van der Waals surface area contributed by atoms with Crippen molar-refractivity contribution in [2.45, 2.75) is 50.0 Å². The van der Waals surface area contributed by atoms with Gasteiger partial charge in [-0.2, -0.15) is 8.42 Å². The number of fused-ring (bicyclic) bond motifs is 8. The molecule has 10 atom stereocenters. The van der Waals surface area contributed by atoms with Gasteiger partial charge in [0.25, 0.3) is 0 Å². The van der Waals surface area contributed by atoms with Gasteiger partial charge in [-0.3, -0.25) is 28.9 Å². The van der Waals surface area contributed by atoms with E-state index in [1.165, 1.54) is 12.8 Å². The average molecular weight is 747 g/mol. The molecule has 6 saturated heterocycles. The first-order valence-corrected chi connectivity index (χ1v) is 19.5. The minimum atomic E-state index is -4.67. The summed E-state index contributed by atoms with van der Waals surface area (Å²) in [5.41, 5.74) is 3.69. The zero-order valence-electron chi connectivity index (χ0n) is 30.2. The third-order valence-electron chi connectivity index (χ3n) is 11.6. The molecule has 2 unspecified atom stereocenters. The second-order valence-electron chi connectivity index (χ2n) is 14.4. The predicted octanol–water partition coefficient (Wildman–Crippen LogP) is 5.69. The molecular formula is C40H50N4O8S. The third-order valence-corrected chi connectivity index (χ3v) is 11.6. The number of benzene rings is 2. The van der Waals surface area contributed by atoms with Crippen LogP contribution in [0.4, 0.5) is 0 Å². The quantitative estimate of drug-likeness (QED) is 0.129. The Balaban J connectivity index is 0.000000161. The molecule has 4 aromatic rings. The summed E-state index contributed by atoms with van der Waals surface area (Å²) >= 11 is 0. The summed E-state index contributed by atoms with van der Waals surface area (Å²) in [7, 11) is -1.34. The fourth-order valence-corrected chi connectivity index (χ4v) is 8.89. The van der Waals surface area contributed by atoms with E-state index in [0.29, 0.717) is 23.7 Å². The maximum atomic E-state index is 11.2. The highest BCUT2D eigenvalue weighted by Crippen LogP contribution is 2.43. The number of ether oxygens (including phenoxy) is 2. The summed E-state index contributed by atoms with van der Waals surface area (Å²) in [5, 5.41) is 24.3. The molecule has 10 rings (SSSR count). The Morgan fingerprint density at radius 2 is 1.13 bits per heavy atom. The van der Waals surface area contributed by atoms with Crippen molar-refractivity contribution in [1.29, 1.82) is 0 Å². The van der Waals surface area contributed by atoms with Crippen molar-refractivity contribution < 1.29 is 37.2 Å². The number of pyridine rings is 2. The number of hydrogen-bond acceptors (Lipinski definition) is 10. The van der Waals surface area contributed by atoms with Crippen molar-refractivity contribution >= 4 is 32.2 Å². The van der Waals surface area contributed by atoms with Crippen LogP contribution in [0.3, 0.4) is 0 Å². The van der Waals surface area contributed by atoms with E-state index in [1.807, 2.05) is 48.5 Å². The molecule has 8 heterocycles. The van der Waals surface area contributed by atoms with Crippen LogP contribution in [0, 0.1) is 23.7 Å². The Labute approximate surface area is 311 Å². The van der Waals surface area contributed by atoms with Gasteiger partial charge in [-0.25, -0.2) is 0 Å². The van der Waals surface area contributed by atoms with Crippen molar-refractivity contribution in [3.05, 3.63) is 97.4 Å². The first-order valence-electron chi connectivity index (χ1n) is 18.1. The Bertz CT molecular complexity index is 1890. The summed E-state index contributed by atoms with van der Waals surface area (Å²) in [4.78, 5) is 13.7. The lowest BCUT2D eigenvalue weighted by Crippen LogP contribution is -2.54. The normalized spacial score (nSPS) is 28.5. The molecule has 12 nitrogen and oxygen atoms in total. The van der Waals surface area contributed by atoms with Crippen LogP contribution in [0.1, 0.15) is 49.0 Å². The molecule has 13 heteroatoms. The van der Waals surface area contributed by atoms with E-state index in [0.717, 1.165) is 83.5 Å². The minimum Gasteiger partial charge on any atom is -0.497 e. The predicted molar refractivity (Wildman–Crippen MR) is 204 cm³/mol. The van der Waals surface area contributed by atoms with Gasteiger partial charge in [-0.1, -0.05) is 12.2 Å². The van der Waals surface area contributed by atoms with E-state index in [-0.39, 0.29) is 12.1 Å². The van der Waals surface area contributed by atoms with E-state index < -0.39 is 22.6 Å². The monoisotopic (exact) mass is 746 g/mol. The lowest BCUT2D eigenvalue weighted by Gasteiger charge is -2.50. The van der Waals surface area contributed by atoms with Gasteiger partial charge in [-0.05, 0) is 122 Å². The molecular weight excluding hydrogens is 697 g/mol. The zero-order valence-corrected chi connectivity index (χ0v) is 31.1. The summed E-state index contributed by atoms with van der Waals surface area (Å²) < 4.78 is 42.3. The van der Waals surface area contributed by atoms with Crippen molar-refractivity contribution in [3.8, 4) is 11.5 Å². The largest absolute Gasteiger partial charge is 0.497 e. The average Bonchev–Trinajstić information content (AvgIpc) is 3.19. The molecule has 0 spiro atoms. The highest BCUT2D eigenvalue weighted by molar-refractivity contribution is 7.79. The number of aliphatic hydroxyl groups is 2. The number of hydrogen-bond donors (Lipinski definition) is 4. The maximum Gasteiger partial charge on any atom is 0.394 e. The van der Waals surface area contributed by atoms with Crippen LogP contribution >= 0.6 is 0 Å². The molecule has 2 aromatic heterocycles. The van der Waals surface area contributed by atoms with E-state index in [4.69, 9.17) is 27.0 Å². The number of rotatable bonds is 8. The molecule has 0 radical (unpaired) electrons. The van der Waals surface area contributed by atoms with Gasteiger partial charge in [0, 0.05) is 48.3 Å². The minimum absolute atomic E-state index is 0.178. The van der Waals surface area contributed by atoms with Crippen molar-refractivity contribution in [2.24, 2.45) is 23.7 Å². The van der Waals surface area contributed by atoms with Crippen LogP contribution in [0.2, 0.25) is 0 Å². The van der Waals surface area contributed by atoms with Gasteiger partial charge >= 0.3 is 10.4 Å². The molecule has 53 heavy (non-hydrogen) atoms.